The van der Waals surface area contributed by atoms with Gasteiger partial charge in [-0.1, -0.05) is 12.1 Å². The number of fused-ring (bicyclic) bond motifs is 1. The van der Waals surface area contributed by atoms with E-state index in [4.69, 9.17) is 4.74 Å². The Labute approximate surface area is 164 Å². The molecular formula is C21H25N5O2. The van der Waals surface area contributed by atoms with E-state index in [0.717, 1.165) is 36.5 Å². The molecule has 0 radical (unpaired) electrons. The molecule has 1 saturated heterocycles. The largest absolute Gasteiger partial charge is 0.376 e. The minimum absolute atomic E-state index is 0.0927. The quantitative estimate of drug-likeness (QED) is 0.685. The zero-order chi connectivity index (χ0) is 19.2. The lowest BCUT2D eigenvalue weighted by Gasteiger charge is -2.25. The number of hydrogen-bond donors (Lipinski definition) is 1. The molecule has 0 aliphatic carbocycles. The fraction of sp³-hybridized carbons (Fsp3) is 0.381. The van der Waals surface area contributed by atoms with E-state index in [9.17, 15) is 4.79 Å². The summed E-state index contributed by atoms with van der Waals surface area (Å²) in [5.74, 6) is 0. The third kappa shape index (κ3) is 4.67. The first-order valence-electron chi connectivity index (χ1n) is 9.75. The lowest BCUT2D eigenvalue weighted by Crippen LogP contribution is -2.44. The summed E-state index contributed by atoms with van der Waals surface area (Å²) in [5, 5.41) is 3.02. The Kier molecular flexibility index (Phi) is 5.82. The molecule has 146 valence electrons. The molecule has 2 amide bonds. The van der Waals surface area contributed by atoms with E-state index in [1.807, 2.05) is 53.2 Å². The van der Waals surface area contributed by atoms with Crippen LogP contribution in [0.25, 0.3) is 5.65 Å². The second kappa shape index (κ2) is 8.84. The predicted octanol–water partition coefficient (Wildman–Crippen LogP) is 2.66. The van der Waals surface area contributed by atoms with Crippen LogP contribution in [0.2, 0.25) is 0 Å². The summed E-state index contributed by atoms with van der Waals surface area (Å²) in [5.41, 5.74) is 2.75. The van der Waals surface area contributed by atoms with Crippen LogP contribution >= 0.6 is 0 Å². The van der Waals surface area contributed by atoms with Crippen molar-refractivity contribution in [2.75, 3.05) is 19.7 Å². The zero-order valence-electron chi connectivity index (χ0n) is 15.8. The molecule has 7 nitrogen and oxygen atoms in total. The number of rotatable bonds is 7. The number of pyridine rings is 2. The minimum Gasteiger partial charge on any atom is -0.376 e. The van der Waals surface area contributed by atoms with Gasteiger partial charge in [0, 0.05) is 44.7 Å². The molecule has 28 heavy (non-hydrogen) atoms. The van der Waals surface area contributed by atoms with Crippen molar-refractivity contribution in [2.45, 2.75) is 31.9 Å². The first kappa shape index (κ1) is 18.4. The Morgan fingerprint density at radius 3 is 2.96 bits per heavy atom. The highest BCUT2D eigenvalue weighted by atomic mass is 16.5. The molecule has 1 atom stereocenters. The molecule has 4 rings (SSSR count). The standard InChI is InChI=1S/C21H25N5O2/c27-21(23-11-9-18-15-25-12-4-2-8-20(25)24-18)26(16-19-7-5-13-28-19)14-17-6-1-3-10-22-17/h1-4,6,8,10,12,15,19H,5,7,9,11,13-14,16H2,(H,23,27)/t19-/m0/s1. The predicted molar refractivity (Wildman–Crippen MR) is 106 cm³/mol. The van der Waals surface area contributed by atoms with Gasteiger partial charge in [0.1, 0.15) is 5.65 Å². The van der Waals surface area contributed by atoms with Crippen LogP contribution in [-0.2, 0) is 17.7 Å². The molecule has 1 aliphatic rings. The molecule has 0 unspecified atom stereocenters. The fourth-order valence-corrected chi connectivity index (χ4v) is 3.46. The number of amides is 2. The molecule has 0 aromatic carbocycles. The van der Waals surface area contributed by atoms with Gasteiger partial charge in [0.2, 0.25) is 0 Å². The van der Waals surface area contributed by atoms with E-state index in [1.165, 1.54) is 0 Å². The maximum atomic E-state index is 12.8. The number of aromatic nitrogens is 3. The second-order valence-corrected chi connectivity index (χ2v) is 7.02. The first-order valence-corrected chi connectivity index (χ1v) is 9.75. The number of nitrogens with one attached hydrogen (secondary N) is 1. The Balaban J connectivity index is 1.35. The van der Waals surface area contributed by atoms with Gasteiger partial charge in [0.05, 0.1) is 24.0 Å². The highest BCUT2D eigenvalue weighted by Crippen LogP contribution is 2.15. The Hall–Kier alpha value is -2.93. The molecule has 0 bridgehead atoms. The smallest absolute Gasteiger partial charge is 0.317 e. The van der Waals surface area contributed by atoms with Crippen molar-refractivity contribution in [1.82, 2.24) is 24.6 Å². The van der Waals surface area contributed by atoms with Crippen molar-refractivity contribution in [3.63, 3.8) is 0 Å². The molecular weight excluding hydrogens is 354 g/mol. The summed E-state index contributed by atoms with van der Waals surface area (Å²) < 4.78 is 7.71. The highest BCUT2D eigenvalue weighted by Gasteiger charge is 2.23. The van der Waals surface area contributed by atoms with E-state index in [2.05, 4.69) is 15.3 Å². The number of ether oxygens (including phenoxy) is 1. The highest BCUT2D eigenvalue weighted by molar-refractivity contribution is 5.74. The third-order valence-corrected chi connectivity index (χ3v) is 4.89. The van der Waals surface area contributed by atoms with Crippen LogP contribution in [0.15, 0.2) is 55.0 Å². The van der Waals surface area contributed by atoms with Gasteiger partial charge >= 0.3 is 6.03 Å². The molecule has 7 heteroatoms. The summed E-state index contributed by atoms with van der Waals surface area (Å²) in [6.07, 6.45) is 8.56. The SMILES string of the molecule is O=C(NCCc1cn2ccccc2n1)N(Cc1ccccn1)C[C@@H]1CCCO1. The number of urea groups is 1. The summed E-state index contributed by atoms with van der Waals surface area (Å²) in [7, 11) is 0. The molecule has 4 heterocycles. The Morgan fingerprint density at radius 1 is 1.25 bits per heavy atom. The van der Waals surface area contributed by atoms with Crippen molar-refractivity contribution >= 4 is 11.7 Å². The third-order valence-electron chi connectivity index (χ3n) is 4.89. The van der Waals surface area contributed by atoms with Gasteiger partial charge in [-0.05, 0) is 37.1 Å². The molecule has 0 spiro atoms. The van der Waals surface area contributed by atoms with Crippen molar-refractivity contribution in [3.8, 4) is 0 Å². The van der Waals surface area contributed by atoms with Gasteiger partial charge in [-0.15, -0.1) is 0 Å². The lowest BCUT2D eigenvalue weighted by molar-refractivity contribution is 0.0792. The van der Waals surface area contributed by atoms with E-state index in [1.54, 1.807) is 11.1 Å². The summed E-state index contributed by atoms with van der Waals surface area (Å²) in [4.78, 5) is 23.5. The van der Waals surface area contributed by atoms with Crippen molar-refractivity contribution < 1.29 is 9.53 Å². The van der Waals surface area contributed by atoms with Crippen LogP contribution in [0, 0.1) is 0 Å². The number of nitrogens with zero attached hydrogens (tertiary/aromatic N) is 4. The van der Waals surface area contributed by atoms with Gasteiger partial charge in [-0.2, -0.15) is 0 Å². The van der Waals surface area contributed by atoms with Crippen LogP contribution in [-0.4, -0.2) is 51.1 Å². The van der Waals surface area contributed by atoms with Gasteiger partial charge < -0.3 is 19.4 Å². The van der Waals surface area contributed by atoms with Gasteiger partial charge in [0.15, 0.2) is 0 Å². The van der Waals surface area contributed by atoms with E-state index in [0.29, 0.717) is 26.1 Å². The lowest BCUT2D eigenvalue weighted by atomic mass is 10.2. The number of carbonyl (C=O) groups is 1. The van der Waals surface area contributed by atoms with Crippen LogP contribution in [0.5, 0.6) is 0 Å². The monoisotopic (exact) mass is 379 g/mol. The van der Waals surface area contributed by atoms with E-state index < -0.39 is 0 Å². The van der Waals surface area contributed by atoms with Crippen LogP contribution in [0.3, 0.4) is 0 Å². The average Bonchev–Trinajstić information content (AvgIpc) is 3.37. The average molecular weight is 379 g/mol. The normalized spacial score (nSPS) is 16.4. The summed E-state index contributed by atoms with van der Waals surface area (Å²) in [6.45, 7) is 2.36. The maximum Gasteiger partial charge on any atom is 0.317 e. The van der Waals surface area contributed by atoms with E-state index in [-0.39, 0.29) is 12.1 Å². The van der Waals surface area contributed by atoms with Gasteiger partial charge in [-0.3, -0.25) is 4.98 Å². The molecule has 1 aliphatic heterocycles. The van der Waals surface area contributed by atoms with Crippen LogP contribution in [0.4, 0.5) is 4.79 Å². The Morgan fingerprint density at radius 2 is 2.18 bits per heavy atom. The van der Waals surface area contributed by atoms with Crippen LogP contribution < -0.4 is 5.32 Å². The number of imidazole rings is 1. The fourth-order valence-electron chi connectivity index (χ4n) is 3.46. The number of hydrogen-bond acceptors (Lipinski definition) is 4. The topological polar surface area (TPSA) is 71.8 Å². The second-order valence-electron chi connectivity index (χ2n) is 7.02. The van der Waals surface area contributed by atoms with Gasteiger partial charge in [0.25, 0.3) is 0 Å². The molecule has 3 aromatic rings. The maximum absolute atomic E-state index is 12.8. The number of carbonyl (C=O) groups excluding carboxylic acids is 1. The molecule has 1 N–H and O–H groups in total. The molecule has 3 aromatic heterocycles. The zero-order valence-corrected chi connectivity index (χ0v) is 15.8. The first-order chi connectivity index (χ1) is 13.8. The van der Waals surface area contributed by atoms with Crippen molar-refractivity contribution in [2.24, 2.45) is 0 Å². The molecule has 0 saturated carbocycles. The van der Waals surface area contributed by atoms with Crippen molar-refractivity contribution in [3.05, 3.63) is 66.4 Å². The van der Waals surface area contributed by atoms with E-state index >= 15 is 0 Å². The van der Waals surface area contributed by atoms with Crippen molar-refractivity contribution in [1.29, 1.82) is 0 Å². The minimum atomic E-state index is -0.0927. The van der Waals surface area contributed by atoms with Gasteiger partial charge in [-0.25, -0.2) is 9.78 Å². The summed E-state index contributed by atoms with van der Waals surface area (Å²) in [6, 6.07) is 11.6. The molecule has 1 fully saturated rings. The summed E-state index contributed by atoms with van der Waals surface area (Å²) >= 11 is 0. The van der Waals surface area contributed by atoms with Crippen LogP contribution in [0.1, 0.15) is 24.2 Å². The Bertz CT molecular complexity index is 872.